The predicted octanol–water partition coefficient (Wildman–Crippen LogP) is 2.00. The lowest BCUT2D eigenvalue weighted by Gasteiger charge is -2.23. The molecule has 1 aromatic rings. The number of esters is 1. The van der Waals surface area contributed by atoms with Gasteiger partial charge in [0.15, 0.2) is 5.54 Å². The number of rotatable bonds is 3. The largest absolute Gasteiger partial charge is 0.467 e. The third-order valence-corrected chi connectivity index (χ3v) is 2.49. The number of nitrogens with two attached hydrogens (primary N) is 1. The fraction of sp³-hybridized carbons (Fsp3) is 0.364. The average molecular weight is 265 g/mol. The van der Waals surface area contributed by atoms with Crippen molar-refractivity contribution in [2.75, 3.05) is 13.8 Å². The van der Waals surface area contributed by atoms with Crippen LogP contribution in [0.5, 0.6) is 0 Å². The first-order valence-electron chi connectivity index (χ1n) is 4.86. The summed E-state index contributed by atoms with van der Waals surface area (Å²) in [6.45, 7) is -1.27. The summed E-state index contributed by atoms with van der Waals surface area (Å²) in [6.07, 6.45) is -4.50. The van der Waals surface area contributed by atoms with Crippen molar-refractivity contribution in [2.45, 2.75) is 11.7 Å². The summed E-state index contributed by atoms with van der Waals surface area (Å²) in [5.74, 6) is -1.05. The fourth-order valence-electron chi connectivity index (χ4n) is 1.39. The van der Waals surface area contributed by atoms with Crippen LogP contribution in [0.1, 0.15) is 11.1 Å². The van der Waals surface area contributed by atoms with E-state index in [2.05, 4.69) is 4.74 Å². The number of benzene rings is 1. The molecule has 0 amide bonds. The molecule has 0 fully saturated rings. The maximum absolute atomic E-state index is 12.9. The molecule has 0 aliphatic heterocycles. The Hall–Kier alpha value is -1.63. The van der Waals surface area contributed by atoms with Gasteiger partial charge in [0.2, 0.25) is 0 Å². The molecule has 0 radical (unpaired) electrons. The lowest BCUT2D eigenvalue weighted by atomic mass is 9.91. The van der Waals surface area contributed by atoms with E-state index >= 15 is 0 Å². The van der Waals surface area contributed by atoms with Crippen molar-refractivity contribution in [2.24, 2.45) is 5.73 Å². The van der Waals surface area contributed by atoms with Crippen molar-refractivity contribution >= 4 is 5.97 Å². The van der Waals surface area contributed by atoms with Crippen molar-refractivity contribution in [1.29, 1.82) is 0 Å². The van der Waals surface area contributed by atoms with Crippen LogP contribution in [0.25, 0.3) is 0 Å². The van der Waals surface area contributed by atoms with E-state index < -0.39 is 29.9 Å². The minimum atomic E-state index is -4.50. The lowest BCUT2D eigenvalue weighted by molar-refractivity contribution is -0.148. The van der Waals surface area contributed by atoms with Crippen molar-refractivity contribution in [1.82, 2.24) is 0 Å². The van der Waals surface area contributed by atoms with Gasteiger partial charge in [-0.1, -0.05) is 12.1 Å². The summed E-state index contributed by atoms with van der Waals surface area (Å²) in [5, 5.41) is 0. The summed E-state index contributed by atoms with van der Waals surface area (Å²) >= 11 is 0. The first-order valence-corrected chi connectivity index (χ1v) is 4.86. The summed E-state index contributed by atoms with van der Waals surface area (Å²) in [6, 6.07) is 3.38. The molecule has 1 aromatic carbocycles. The van der Waals surface area contributed by atoms with Crippen molar-refractivity contribution in [3.05, 3.63) is 35.4 Å². The van der Waals surface area contributed by atoms with E-state index in [1.807, 2.05) is 0 Å². The Labute approximate surface area is 101 Å². The van der Waals surface area contributed by atoms with Crippen LogP contribution < -0.4 is 5.73 Å². The van der Waals surface area contributed by atoms with Crippen LogP contribution in [0.2, 0.25) is 0 Å². The second-order valence-corrected chi connectivity index (χ2v) is 3.67. The summed E-state index contributed by atoms with van der Waals surface area (Å²) < 4.78 is 54.2. The Morgan fingerprint density at radius 1 is 1.22 bits per heavy atom. The Morgan fingerprint density at radius 2 is 1.67 bits per heavy atom. The highest BCUT2D eigenvalue weighted by Gasteiger charge is 2.38. The number of alkyl halides is 4. The van der Waals surface area contributed by atoms with Gasteiger partial charge < -0.3 is 10.5 Å². The third kappa shape index (κ3) is 2.61. The van der Waals surface area contributed by atoms with Crippen LogP contribution in [0.3, 0.4) is 0 Å². The maximum Gasteiger partial charge on any atom is 0.416 e. The van der Waals surface area contributed by atoms with E-state index in [0.717, 1.165) is 31.4 Å². The molecule has 0 bridgehead atoms. The van der Waals surface area contributed by atoms with Crippen LogP contribution in [0, 0.1) is 0 Å². The van der Waals surface area contributed by atoms with Crippen LogP contribution in [-0.4, -0.2) is 19.8 Å². The molecule has 3 nitrogen and oxygen atoms in total. The number of hydrogen-bond donors (Lipinski definition) is 1. The van der Waals surface area contributed by atoms with Gasteiger partial charge in [-0.15, -0.1) is 0 Å². The van der Waals surface area contributed by atoms with E-state index in [0.29, 0.717) is 0 Å². The minimum Gasteiger partial charge on any atom is -0.467 e. The molecule has 1 rings (SSSR count). The van der Waals surface area contributed by atoms with E-state index in [1.165, 1.54) is 0 Å². The molecule has 0 heterocycles. The van der Waals surface area contributed by atoms with Gasteiger partial charge in [0.25, 0.3) is 0 Å². The second kappa shape index (κ2) is 4.93. The molecule has 2 N–H and O–H groups in total. The summed E-state index contributed by atoms with van der Waals surface area (Å²) in [7, 11) is 1.02. The normalized spacial score (nSPS) is 15.0. The minimum absolute atomic E-state index is 0.0788. The molecular formula is C11H11F4NO2. The second-order valence-electron chi connectivity index (χ2n) is 3.67. The fourth-order valence-corrected chi connectivity index (χ4v) is 1.39. The van der Waals surface area contributed by atoms with Crippen molar-refractivity contribution in [3.63, 3.8) is 0 Å². The van der Waals surface area contributed by atoms with Gasteiger partial charge in [-0.25, -0.2) is 9.18 Å². The van der Waals surface area contributed by atoms with Crippen molar-refractivity contribution in [3.8, 4) is 0 Å². The van der Waals surface area contributed by atoms with E-state index in [1.54, 1.807) is 0 Å². The highest BCUT2D eigenvalue weighted by molar-refractivity contribution is 5.82. The smallest absolute Gasteiger partial charge is 0.416 e. The zero-order chi connectivity index (χ0) is 14.0. The molecule has 18 heavy (non-hydrogen) atoms. The molecule has 1 atom stereocenters. The van der Waals surface area contributed by atoms with Gasteiger partial charge >= 0.3 is 12.1 Å². The quantitative estimate of drug-likeness (QED) is 0.671. The molecule has 0 saturated carbocycles. The molecule has 0 spiro atoms. The number of ether oxygens (including phenoxy) is 1. The lowest BCUT2D eigenvalue weighted by Crippen LogP contribution is -2.47. The standard InChI is InChI=1S/C11H11F4NO2/c1-18-9(17)10(16,6-12)7-2-4-8(5-3-7)11(13,14)15/h2-5H,6,16H2,1H3. The zero-order valence-electron chi connectivity index (χ0n) is 9.42. The topological polar surface area (TPSA) is 52.3 Å². The summed E-state index contributed by atoms with van der Waals surface area (Å²) in [5.41, 5.74) is 2.43. The Kier molecular flexibility index (Phi) is 3.95. The van der Waals surface area contributed by atoms with Gasteiger partial charge in [0, 0.05) is 0 Å². The number of methoxy groups -OCH3 is 1. The number of carbonyl (C=O) groups excluding carboxylic acids is 1. The number of halogens is 4. The molecule has 0 aromatic heterocycles. The molecule has 100 valence electrons. The van der Waals surface area contributed by atoms with E-state index in [9.17, 15) is 22.4 Å². The Morgan fingerprint density at radius 3 is 2.00 bits per heavy atom. The third-order valence-electron chi connectivity index (χ3n) is 2.49. The van der Waals surface area contributed by atoms with Crippen LogP contribution in [0.15, 0.2) is 24.3 Å². The van der Waals surface area contributed by atoms with Gasteiger partial charge in [-0.05, 0) is 17.7 Å². The highest BCUT2D eigenvalue weighted by atomic mass is 19.4. The van der Waals surface area contributed by atoms with Crippen LogP contribution in [0.4, 0.5) is 17.6 Å². The van der Waals surface area contributed by atoms with Gasteiger partial charge in [-0.3, -0.25) is 0 Å². The Bertz CT molecular complexity index is 430. The Balaban J connectivity index is 3.14. The van der Waals surface area contributed by atoms with Crippen LogP contribution in [-0.2, 0) is 21.2 Å². The molecule has 0 aliphatic rings. The molecular weight excluding hydrogens is 254 g/mol. The van der Waals surface area contributed by atoms with E-state index in [-0.39, 0.29) is 5.56 Å². The number of carbonyl (C=O) groups is 1. The highest BCUT2D eigenvalue weighted by Crippen LogP contribution is 2.30. The van der Waals surface area contributed by atoms with Crippen LogP contribution >= 0.6 is 0 Å². The molecule has 0 aliphatic carbocycles. The average Bonchev–Trinajstić information content (AvgIpc) is 2.36. The predicted molar refractivity (Wildman–Crippen MR) is 55.3 cm³/mol. The first-order chi connectivity index (χ1) is 8.25. The SMILES string of the molecule is COC(=O)C(N)(CF)c1ccc(C(F)(F)F)cc1. The monoisotopic (exact) mass is 265 g/mol. The maximum atomic E-state index is 12.9. The zero-order valence-corrected chi connectivity index (χ0v) is 9.42. The van der Waals surface area contributed by atoms with Gasteiger partial charge in [0.05, 0.1) is 12.7 Å². The molecule has 0 saturated heterocycles. The van der Waals surface area contributed by atoms with Crippen molar-refractivity contribution < 1.29 is 27.1 Å². The summed E-state index contributed by atoms with van der Waals surface area (Å²) in [4.78, 5) is 11.3. The molecule has 7 heteroatoms. The molecule has 1 unspecified atom stereocenters. The van der Waals surface area contributed by atoms with Gasteiger partial charge in [0.1, 0.15) is 6.67 Å². The number of hydrogen-bond acceptors (Lipinski definition) is 3. The van der Waals surface area contributed by atoms with E-state index in [4.69, 9.17) is 5.73 Å². The van der Waals surface area contributed by atoms with Gasteiger partial charge in [-0.2, -0.15) is 13.2 Å². The first kappa shape index (κ1) is 14.4.